The molecule has 3 aromatic rings. The highest BCUT2D eigenvalue weighted by atomic mass is 16.2. The molecule has 0 unspecified atom stereocenters. The molecule has 0 radical (unpaired) electrons. The Morgan fingerprint density at radius 3 is 1.83 bits per heavy atom. The fourth-order valence-electron chi connectivity index (χ4n) is 2.77. The smallest absolute Gasteiger partial charge is 0.320 e. The summed E-state index contributed by atoms with van der Waals surface area (Å²) >= 11 is 0. The zero-order chi connectivity index (χ0) is 20.6. The highest BCUT2D eigenvalue weighted by Crippen LogP contribution is 2.17. The second kappa shape index (κ2) is 9.32. The zero-order valence-corrected chi connectivity index (χ0v) is 15.9. The van der Waals surface area contributed by atoms with E-state index in [1.54, 1.807) is 60.7 Å². The number of rotatable bonds is 6. The third kappa shape index (κ3) is 5.52. The number of carbonyl (C=O) groups is 3. The number of para-hydroxylation sites is 1. The van der Waals surface area contributed by atoms with Crippen molar-refractivity contribution in [1.29, 1.82) is 0 Å². The van der Waals surface area contributed by atoms with Crippen LogP contribution >= 0.6 is 0 Å². The molecular formula is C23H21N3O3. The van der Waals surface area contributed by atoms with E-state index in [1.807, 2.05) is 24.3 Å². The van der Waals surface area contributed by atoms with Gasteiger partial charge in [-0.15, -0.1) is 0 Å². The van der Waals surface area contributed by atoms with Gasteiger partial charge >= 0.3 is 6.03 Å². The molecule has 3 amide bonds. The van der Waals surface area contributed by atoms with Gasteiger partial charge in [0.15, 0.2) is 5.78 Å². The van der Waals surface area contributed by atoms with E-state index in [0.717, 1.165) is 0 Å². The van der Waals surface area contributed by atoms with Crippen molar-refractivity contribution < 1.29 is 14.4 Å². The molecule has 0 fully saturated rings. The van der Waals surface area contributed by atoms with E-state index in [4.69, 9.17) is 0 Å². The maximum atomic E-state index is 12.8. The number of benzene rings is 3. The number of hydrogen-bond donors (Lipinski definition) is 3. The van der Waals surface area contributed by atoms with Crippen LogP contribution in [0.15, 0.2) is 84.9 Å². The highest BCUT2D eigenvalue weighted by Gasteiger charge is 2.23. The Morgan fingerprint density at radius 2 is 1.24 bits per heavy atom. The Kier molecular flexibility index (Phi) is 6.37. The fourth-order valence-corrected chi connectivity index (χ4v) is 2.77. The topological polar surface area (TPSA) is 87.3 Å². The standard InChI is InChI=1S/C23H21N3O3/c1-16(27)17-12-14-20(15-13-17)25-23(29)26-21(18-8-4-2-5-9-18)22(28)24-19-10-6-3-7-11-19/h2-15,21H,1H3,(H,24,28)(H2,25,26,29)/t21-/m1/s1. The van der Waals surface area contributed by atoms with E-state index in [2.05, 4.69) is 16.0 Å². The number of carbonyl (C=O) groups excluding carboxylic acids is 3. The zero-order valence-electron chi connectivity index (χ0n) is 15.9. The van der Waals surface area contributed by atoms with Crippen LogP contribution in [-0.4, -0.2) is 17.7 Å². The third-order valence-corrected chi connectivity index (χ3v) is 4.26. The lowest BCUT2D eigenvalue weighted by Crippen LogP contribution is -2.39. The van der Waals surface area contributed by atoms with Crippen molar-refractivity contribution in [3.63, 3.8) is 0 Å². The lowest BCUT2D eigenvalue weighted by molar-refractivity contribution is -0.118. The van der Waals surface area contributed by atoms with Gasteiger partial charge in [-0.2, -0.15) is 0 Å². The van der Waals surface area contributed by atoms with Crippen LogP contribution in [-0.2, 0) is 4.79 Å². The number of hydrogen-bond acceptors (Lipinski definition) is 3. The van der Waals surface area contributed by atoms with Crippen LogP contribution in [0.25, 0.3) is 0 Å². The van der Waals surface area contributed by atoms with Gasteiger partial charge in [0.25, 0.3) is 5.91 Å². The maximum absolute atomic E-state index is 12.8. The minimum Gasteiger partial charge on any atom is -0.324 e. The van der Waals surface area contributed by atoms with Gasteiger partial charge in [0, 0.05) is 16.9 Å². The van der Waals surface area contributed by atoms with Gasteiger partial charge < -0.3 is 16.0 Å². The second-order valence-corrected chi connectivity index (χ2v) is 6.43. The Balaban J connectivity index is 1.73. The van der Waals surface area contributed by atoms with Crippen LogP contribution in [0.4, 0.5) is 16.2 Å². The number of nitrogens with one attached hydrogen (secondary N) is 3. The summed E-state index contributed by atoms with van der Waals surface area (Å²) in [4.78, 5) is 36.7. The van der Waals surface area contributed by atoms with Crippen LogP contribution in [0.5, 0.6) is 0 Å². The van der Waals surface area contributed by atoms with E-state index in [0.29, 0.717) is 22.5 Å². The minimum atomic E-state index is -0.882. The van der Waals surface area contributed by atoms with Crippen molar-refractivity contribution in [3.8, 4) is 0 Å². The highest BCUT2D eigenvalue weighted by molar-refractivity contribution is 6.00. The molecule has 146 valence electrons. The molecule has 3 N–H and O–H groups in total. The maximum Gasteiger partial charge on any atom is 0.320 e. The van der Waals surface area contributed by atoms with Crippen molar-refractivity contribution in [1.82, 2.24) is 5.32 Å². The van der Waals surface area contributed by atoms with Crippen molar-refractivity contribution >= 4 is 29.1 Å². The number of anilines is 2. The predicted molar refractivity (Wildman–Crippen MR) is 113 cm³/mol. The molecule has 0 spiro atoms. The molecule has 3 rings (SSSR count). The summed E-state index contributed by atoms with van der Waals surface area (Å²) in [5, 5.41) is 8.21. The van der Waals surface area contributed by atoms with Gasteiger partial charge in [-0.05, 0) is 48.9 Å². The van der Waals surface area contributed by atoms with Crippen molar-refractivity contribution in [2.24, 2.45) is 0 Å². The summed E-state index contributed by atoms with van der Waals surface area (Å²) < 4.78 is 0. The number of ketones is 1. The quantitative estimate of drug-likeness (QED) is 0.548. The molecule has 3 aromatic carbocycles. The van der Waals surface area contributed by atoms with Crippen molar-refractivity contribution in [2.45, 2.75) is 13.0 Å². The SMILES string of the molecule is CC(=O)c1ccc(NC(=O)N[C@@H](C(=O)Nc2ccccc2)c2ccccc2)cc1. The van der Waals surface area contributed by atoms with Crippen LogP contribution < -0.4 is 16.0 Å². The van der Waals surface area contributed by atoms with Crippen molar-refractivity contribution in [3.05, 3.63) is 96.1 Å². The largest absolute Gasteiger partial charge is 0.324 e. The van der Waals surface area contributed by atoms with E-state index < -0.39 is 12.1 Å². The van der Waals surface area contributed by atoms with Gasteiger partial charge in [0.1, 0.15) is 6.04 Å². The first-order valence-corrected chi connectivity index (χ1v) is 9.12. The third-order valence-electron chi connectivity index (χ3n) is 4.26. The summed E-state index contributed by atoms with van der Waals surface area (Å²) in [6.45, 7) is 1.48. The number of Topliss-reactive ketones (excluding diaryl/α,β-unsaturated/α-hetero) is 1. The average Bonchev–Trinajstić information content (AvgIpc) is 2.73. The van der Waals surface area contributed by atoms with Crippen LogP contribution in [0, 0.1) is 0 Å². The molecule has 0 heterocycles. The molecule has 0 saturated heterocycles. The van der Waals surface area contributed by atoms with Crippen LogP contribution in [0.2, 0.25) is 0 Å². The first kappa shape index (κ1) is 19.8. The van der Waals surface area contributed by atoms with Gasteiger partial charge in [-0.25, -0.2) is 4.79 Å². The lowest BCUT2D eigenvalue weighted by atomic mass is 10.1. The predicted octanol–water partition coefficient (Wildman–Crippen LogP) is 4.39. The summed E-state index contributed by atoms with van der Waals surface area (Å²) in [6, 6.07) is 23.2. The lowest BCUT2D eigenvalue weighted by Gasteiger charge is -2.19. The average molecular weight is 387 g/mol. The van der Waals surface area contributed by atoms with E-state index in [9.17, 15) is 14.4 Å². The van der Waals surface area contributed by atoms with Crippen molar-refractivity contribution in [2.75, 3.05) is 10.6 Å². The molecule has 6 heteroatoms. The molecular weight excluding hydrogens is 366 g/mol. The molecule has 0 bridgehead atoms. The molecule has 0 aromatic heterocycles. The normalized spacial score (nSPS) is 11.2. The molecule has 6 nitrogen and oxygen atoms in total. The Hall–Kier alpha value is -3.93. The summed E-state index contributed by atoms with van der Waals surface area (Å²) in [7, 11) is 0. The molecule has 0 aliphatic carbocycles. The molecule has 0 aliphatic rings. The molecule has 0 aliphatic heterocycles. The van der Waals surface area contributed by atoms with E-state index in [-0.39, 0.29) is 11.7 Å². The van der Waals surface area contributed by atoms with Gasteiger partial charge in [0.2, 0.25) is 0 Å². The Bertz CT molecular complexity index is 987. The fraction of sp³-hybridized carbons (Fsp3) is 0.0870. The molecule has 29 heavy (non-hydrogen) atoms. The number of urea groups is 1. The molecule has 0 saturated carbocycles. The first-order valence-electron chi connectivity index (χ1n) is 9.12. The monoisotopic (exact) mass is 387 g/mol. The van der Waals surface area contributed by atoms with Crippen LogP contribution in [0.3, 0.4) is 0 Å². The van der Waals surface area contributed by atoms with Gasteiger partial charge in [-0.3, -0.25) is 9.59 Å². The van der Waals surface area contributed by atoms with E-state index in [1.165, 1.54) is 6.92 Å². The Labute approximate surface area is 169 Å². The first-order chi connectivity index (χ1) is 14.0. The second-order valence-electron chi connectivity index (χ2n) is 6.43. The summed E-state index contributed by atoms with van der Waals surface area (Å²) in [5.41, 5.74) is 2.37. The van der Waals surface area contributed by atoms with Gasteiger partial charge in [0.05, 0.1) is 0 Å². The van der Waals surface area contributed by atoms with Crippen LogP contribution in [0.1, 0.15) is 28.9 Å². The summed E-state index contributed by atoms with van der Waals surface area (Å²) in [5.74, 6) is -0.410. The summed E-state index contributed by atoms with van der Waals surface area (Å²) in [6.07, 6.45) is 0. The van der Waals surface area contributed by atoms with E-state index >= 15 is 0 Å². The van der Waals surface area contributed by atoms with Gasteiger partial charge in [-0.1, -0.05) is 48.5 Å². The number of amides is 3. The Morgan fingerprint density at radius 1 is 0.690 bits per heavy atom. The molecule has 1 atom stereocenters. The minimum absolute atomic E-state index is 0.0530.